The first-order chi connectivity index (χ1) is 16.4. The number of hydrogen-bond donors (Lipinski definition) is 1. The molecule has 0 radical (unpaired) electrons. The number of ether oxygens (including phenoxy) is 1. The zero-order chi connectivity index (χ0) is 24.5. The van der Waals surface area contributed by atoms with E-state index in [2.05, 4.69) is 5.32 Å². The molecular formula is C28H31FN2O3. The lowest BCUT2D eigenvalue weighted by Crippen LogP contribution is -2.51. The first-order valence-electron chi connectivity index (χ1n) is 11.4. The molecule has 178 valence electrons. The van der Waals surface area contributed by atoms with Crippen LogP contribution in [0.25, 0.3) is 0 Å². The van der Waals surface area contributed by atoms with Crippen LogP contribution in [0.15, 0.2) is 72.8 Å². The average Bonchev–Trinajstić information content (AvgIpc) is 2.81. The lowest BCUT2D eigenvalue weighted by atomic mass is 10.0. The second-order valence-electron chi connectivity index (χ2n) is 8.33. The van der Waals surface area contributed by atoms with Crippen LogP contribution in [-0.4, -0.2) is 35.9 Å². The van der Waals surface area contributed by atoms with Gasteiger partial charge in [-0.05, 0) is 55.7 Å². The molecule has 2 amide bonds. The Morgan fingerprint density at radius 1 is 0.971 bits per heavy atom. The standard InChI is InChI=1S/C28H31FN2O3/c1-4-30-28(33)26(17-22-10-6-5-7-11-22)31(18-23-12-8-9-13-25(23)29)27(32)19-34-24-15-20(2)14-21(3)16-24/h5-16,26H,4,17-19H2,1-3H3,(H,30,33)/t26-/m1/s1. The fourth-order valence-electron chi connectivity index (χ4n) is 3.90. The topological polar surface area (TPSA) is 58.6 Å². The molecule has 5 nitrogen and oxygen atoms in total. The molecule has 0 spiro atoms. The lowest BCUT2D eigenvalue weighted by Gasteiger charge is -2.31. The number of nitrogens with one attached hydrogen (secondary N) is 1. The first-order valence-corrected chi connectivity index (χ1v) is 11.4. The number of amides is 2. The Labute approximate surface area is 200 Å². The summed E-state index contributed by atoms with van der Waals surface area (Å²) in [6.45, 7) is 5.85. The number of hydrogen-bond acceptors (Lipinski definition) is 3. The monoisotopic (exact) mass is 462 g/mol. The molecule has 0 saturated carbocycles. The van der Waals surface area contributed by atoms with Crippen molar-refractivity contribution in [2.75, 3.05) is 13.2 Å². The Balaban J connectivity index is 1.91. The molecule has 0 aromatic heterocycles. The second kappa shape index (κ2) is 12.0. The van der Waals surface area contributed by atoms with Crippen LogP contribution in [0, 0.1) is 19.7 Å². The maximum Gasteiger partial charge on any atom is 0.261 e. The van der Waals surface area contributed by atoms with E-state index in [0.29, 0.717) is 24.3 Å². The maximum atomic E-state index is 14.5. The molecule has 1 atom stereocenters. The highest BCUT2D eigenvalue weighted by atomic mass is 19.1. The van der Waals surface area contributed by atoms with Crippen molar-refractivity contribution < 1.29 is 18.7 Å². The van der Waals surface area contributed by atoms with Crippen molar-refractivity contribution in [3.05, 3.63) is 101 Å². The maximum absolute atomic E-state index is 14.5. The Morgan fingerprint density at radius 2 is 1.62 bits per heavy atom. The molecule has 3 aromatic carbocycles. The quantitative estimate of drug-likeness (QED) is 0.479. The third-order valence-corrected chi connectivity index (χ3v) is 5.48. The number of carbonyl (C=O) groups excluding carboxylic acids is 2. The predicted octanol–water partition coefficient (Wildman–Crippen LogP) is 4.60. The predicted molar refractivity (Wildman–Crippen MR) is 131 cm³/mol. The van der Waals surface area contributed by atoms with Gasteiger partial charge in [0.15, 0.2) is 6.61 Å². The van der Waals surface area contributed by atoms with Gasteiger partial charge in [-0.3, -0.25) is 9.59 Å². The van der Waals surface area contributed by atoms with Crippen molar-refractivity contribution in [3.63, 3.8) is 0 Å². The van der Waals surface area contributed by atoms with E-state index >= 15 is 0 Å². The normalized spacial score (nSPS) is 11.5. The minimum absolute atomic E-state index is 0.0453. The van der Waals surface area contributed by atoms with E-state index in [1.165, 1.54) is 11.0 Å². The number of rotatable bonds is 10. The van der Waals surface area contributed by atoms with Gasteiger partial charge in [-0.25, -0.2) is 4.39 Å². The zero-order valence-corrected chi connectivity index (χ0v) is 19.9. The van der Waals surface area contributed by atoms with Gasteiger partial charge in [0.05, 0.1) is 0 Å². The molecule has 0 aliphatic carbocycles. The summed E-state index contributed by atoms with van der Waals surface area (Å²) in [7, 11) is 0. The molecular weight excluding hydrogens is 431 g/mol. The summed E-state index contributed by atoms with van der Waals surface area (Å²) in [5.41, 5.74) is 3.29. The van der Waals surface area contributed by atoms with Crippen LogP contribution in [0.1, 0.15) is 29.2 Å². The summed E-state index contributed by atoms with van der Waals surface area (Å²) >= 11 is 0. The van der Waals surface area contributed by atoms with Gasteiger partial charge in [0, 0.05) is 25.1 Å². The third kappa shape index (κ3) is 6.91. The van der Waals surface area contributed by atoms with Gasteiger partial charge in [0.1, 0.15) is 17.6 Å². The van der Waals surface area contributed by atoms with Crippen molar-refractivity contribution >= 4 is 11.8 Å². The molecule has 1 N–H and O–H groups in total. The summed E-state index contributed by atoms with van der Waals surface area (Å²) in [6.07, 6.45) is 0.302. The smallest absolute Gasteiger partial charge is 0.261 e. The fraction of sp³-hybridized carbons (Fsp3) is 0.286. The van der Waals surface area contributed by atoms with Crippen molar-refractivity contribution in [3.8, 4) is 5.75 Å². The van der Waals surface area contributed by atoms with E-state index in [4.69, 9.17) is 4.74 Å². The summed E-state index contributed by atoms with van der Waals surface area (Å²) in [5, 5.41) is 2.82. The molecule has 0 bridgehead atoms. The van der Waals surface area contributed by atoms with E-state index in [1.807, 2.05) is 69.3 Å². The number of halogens is 1. The minimum Gasteiger partial charge on any atom is -0.484 e. The number of nitrogens with zero attached hydrogens (tertiary/aromatic N) is 1. The molecule has 0 aliphatic heterocycles. The summed E-state index contributed by atoms with van der Waals surface area (Å²) in [5.74, 6) is -0.531. The van der Waals surface area contributed by atoms with Crippen molar-refractivity contribution in [1.29, 1.82) is 0 Å². The van der Waals surface area contributed by atoms with Gasteiger partial charge in [-0.2, -0.15) is 0 Å². The van der Waals surface area contributed by atoms with Crippen LogP contribution in [0.4, 0.5) is 4.39 Å². The highest BCUT2D eigenvalue weighted by molar-refractivity contribution is 5.88. The highest BCUT2D eigenvalue weighted by Gasteiger charge is 2.31. The SMILES string of the molecule is CCNC(=O)[C@@H](Cc1ccccc1)N(Cc1ccccc1F)C(=O)COc1cc(C)cc(C)c1. The number of benzene rings is 3. The molecule has 0 fully saturated rings. The molecule has 3 aromatic rings. The van der Waals surface area contributed by atoms with Gasteiger partial charge in [0.2, 0.25) is 5.91 Å². The first kappa shape index (κ1) is 25.0. The van der Waals surface area contributed by atoms with Crippen molar-refractivity contribution in [2.45, 2.75) is 39.8 Å². The molecule has 34 heavy (non-hydrogen) atoms. The van der Waals surface area contributed by atoms with Gasteiger partial charge in [0.25, 0.3) is 5.91 Å². The van der Waals surface area contributed by atoms with Crippen LogP contribution in [-0.2, 0) is 22.6 Å². The number of likely N-dealkylation sites (N-methyl/N-ethyl adjacent to an activating group) is 1. The Kier molecular flexibility index (Phi) is 8.79. The van der Waals surface area contributed by atoms with Gasteiger partial charge in [-0.1, -0.05) is 54.6 Å². The summed E-state index contributed by atoms with van der Waals surface area (Å²) < 4.78 is 20.3. The number of carbonyl (C=O) groups is 2. The van der Waals surface area contributed by atoms with E-state index in [1.54, 1.807) is 18.2 Å². The second-order valence-corrected chi connectivity index (χ2v) is 8.33. The van der Waals surface area contributed by atoms with Crippen molar-refractivity contribution in [2.24, 2.45) is 0 Å². The van der Waals surface area contributed by atoms with Crippen LogP contribution in [0.2, 0.25) is 0 Å². The molecule has 0 aliphatic rings. The molecule has 0 unspecified atom stereocenters. The average molecular weight is 463 g/mol. The third-order valence-electron chi connectivity index (χ3n) is 5.48. The Bertz CT molecular complexity index is 1100. The Hall–Kier alpha value is -3.67. The van der Waals surface area contributed by atoms with Gasteiger partial charge >= 0.3 is 0 Å². The van der Waals surface area contributed by atoms with Crippen LogP contribution < -0.4 is 10.1 Å². The molecule has 6 heteroatoms. The van der Waals surface area contributed by atoms with Gasteiger partial charge in [-0.15, -0.1) is 0 Å². The van der Waals surface area contributed by atoms with E-state index in [9.17, 15) is 14.0 Å². The fourth-order valence-corrected chi connectivity index (χ4v) is 3.90. The number of aryl methyl sites for hydroxylation is 2. The van der Waals surface area contributed by atoms with Crippen LogP contribution in [0.3, 0.4) is 0 Å². The van der Waals surface area contributed by atoms with Crippen LogP contribution >= 0.6 is 0 Å². The van der Waals surface area contributed by atoms with E-state index in [0.717, 1.165) is 16.7 Å². The summed E-state index contributed by atoms with van der Waals surface area (Å²) in [4.78, 5) is 27.9. The van der Waals surface area contributed by atoms with E-state index in [-0.39, 0.29) is 19.1 Å². The van der Waals surface area contributed by atoms with Crippen molar-refractivity contribution in [1.82, 2.24) is 10.2 Å². The van der Waals surface area contributed by atoms with E-state index < -0.39 is 17.8 Å². The molecule has 0 heterocycles. The zero-order valence-electron chi connectivity index (χ0n) is 19.9. The lowest BCUT2D eigenvalue weighted by molar-refractivity contribution is -0.142. The highest BCUT2D eigenvalue weighted by Crippen LogP contribution is 2.19. The molecule has 0 saturated heterocycles. The summed E-state index contributed by atoms with van der Waals surface area (Å²) in [6, 6.07) is 20.7. The van der Waals surface area contributed by atoms with Gasteiger partial charge < -0.3 is 15.0 Å². The Morgan fingerprint density at radius 3 is 2.26 bits per heavy atom. The van der Waals surface area contributed by atoms with Crippen LogP contribution in [0.5, 0.6) is 5.75 Å². The largest absolute Gasteiger partial charge is 0.484 e. The molecule has 3 rings (SSSR count). The minimum atomic E-state index is -0.822.